The number of hydrogen-bond donors (Lipinski definition) is 0. The van der Waals surface area contributed by atoms with Crippen LogP contribution in [0.3, 0.4) is 0 Å². The van der Waals surface area contributed by atoms with Crippen LogP contribution in [-0.2, 0) is 0 Å². The van der Waals surface area contributed by atoms with Crippen LogP contribution in [0.15, 0.2) is 176 Å². The van der Waals surface area contributed by atoms with Crippen LogP contribution < -0.4 is 0 Å². The van der Waals surface area contributed by atoms with E-state index in [1.807, 2.05) is 36.4 Å². The minimum Gasteiger partial charge on any atom is -0.309 e. The zero-order valence-corrected chi connectivity index (χ0v) is 29.5. The van der Waals surface area contributed by atoms with E-state index in [1.54, 1.807) is 0 Å². The zero-order chi connectivity index (χ0) is 36.6. The van der Waals surface area contributed by atoms with Crippen LogP contribution >= 0.6 is 0 Å². The van der Waals surface area contributed by atoms with Gasteiger partial charge in [-0.2, -0.15) is 10.5 Å². The van der Waals surface area contributed by atoms with Gasteiger partial charge in [0.15, 0.2) is 0 Å². The third-order valence-electron chi connectivity index (χ3n) is 11.1. The molecule has 0 unspecified atom stereocenters. The van der Waals surface area contributed by atoms with Gasteiger partial charge < -0.3 is 13.7 Å². The normalized spacial score (nSPS) is 11.6. The van der Waals surface area contributed by atoms with Crippen LogP contribution in [0.5, 0.6) is 0 Å². The second kappa shape index (κ2) is 11.8. The predicted molar refractivity (Wildman–Crippen MR) is 224 cm³/mol. The minimum atomic E-state index is 0.584. The molecule has 0 saturated heterocycles. The molecule has 55 heavy (non-hydrogen) atoms. The van der Waals surface area contributed by atoms with Gasteiger partial charge in [-0.1, -0.05) is 97.1 Å². The van der Waals surface area contributed by atoms with Gasteiger partial charge in [0.05, 0.1) is 73.4 Å². The third-order valence-corrected chi connectivity index (χ3v) is 11.1. The second-order valence-electron chi connectivity index (χ2n) is 14.0. The molecule has 0 spiro atoms. The van der Waals surface area contributed by atoms with Crippen LogP contribution in [0.25, 0.3) is 93.6 Å². The number of hydrogen-bond acceptors (Lipinski definition) is 2. The summed E-state index contributed by atoms with van der Waals surface area (Å²) in [5.74, 6) is 0. The van der Waals surface area contributed by atoms with Crippen LogP contribution in [0, 0.1) is 22.7 Å². The summed E-state index contributed by atoms with van der Waals surface area (Å²) in [6.45, 7) is 0. The van der Waals surface area contributed by atoms with Gasteiger partial charge in [0.2, 0.25) is 0 Å². The molecule has 0 fully saturated rings. The fourth-order valence-electron chi connectivity index (χ4n) is 8.84. The summed E-state index contributed by atoms with van der Waals surface area (Å²) in [6, 6.07) is 65.9. The molecule has 0 amide bonds. The first-order valence-electron chi connectivity index (χ1n) is 18.3. The van der Waals surface area contributed by atoms with Crippen molar-refractivity contribution in [3.05, 3.63) is 187 Å². The molecule has 0 saturated carbocycles. The smallest absolute Gasteiger partial charge is 0.0991 e. The van der Waals surface area contributed by atoms with Crippen LogP contribution in [0.2, 0.25) is 0 Å². The van der Waals surface area contributed by atoms with Crippen LogP contribution in [0.4, 0.5) is 0 Å². The summed E-state index contributed by atoms with van der Waals surface area (Å²) in [6.07, 6.45) is 0. The summed E-state index contributed by atoms with van der Waals surface area (Å²) in [7, 11) is 0. The highest BCUT2D eigenvalue weighted by Gasteiger charge is 2.23. The first-order valence-corrected chi connectivity index (χ1v) is 18.3. The van der Waals surface area contributed by atoms with Crippen molar-refractivity contribution in [3.63, 3.8) is 0 Å². The molecular formula is C50H29N5. The maximum absolute atomic E-state index is 10.3. The average Bonchev–Trinajstić information content (AvgIpc) is 3.89. The molecule has 3 aromatic heterocycles. The average molecular weight is 700 g/mol. The molecule has 5 nitrogen and oxygen atoms in total. The fraction of sp³-hybridized carbons (Fsp3) is 0. The predicted octanol–water partition coefficient (Wildman–Crippen LogP) is 12.4. The Bertz CT molecular complexity index is 3420. The lowest BCUT2D eigenvalue weighted by Crippen LogP contribution is -2.02. The van der Waals surface area contributed by atoms with Gasteiger partial charge in [0.25, 0.3) is 0 Å². The molecule has 0 aliphatic rings. The molecule has 0 atom stereocenters. The van der Waals surface area contributed by atoms with Crippen molar-refractivity contribution in [2.24, 2.45) is 0 Å². The van der Waals surface area contributed by atoms with Crippen molar-refractivity contribution in [1.82, 2.24) is 13.7 Å². The van der Waals surface area contributed by atoms with Gasteiger partial charge >= 0.3 is 0 Å². The molecule has 0 N–H and O–H groups in total. The summed E-state index contributed by atoms with van der Waals surface area (Å²) in [5, 5.41) is 26.9. The highest BCUT2D eigenvalue weighted by Crippen LogP contribution is 2.43. The number of fused-ring (bicyclic) bond motifs is 9. The van der Waals surface area contributed by atoms with Crippen molar-refractivity contribution in [1.29, 1.82) is 10.5 Å². The largest absolute Gasteiger partial charge is 0.309 e. The van der Waals surface area contributed by atoms with Gasteiger partial charge in [0, 0.05) is 43.4 Å². The molecular weight excluding hydrogens is 671 g/mol. The number of nitriles is 2. The standard InChI is InChI=1S/C50H29N5/c51-30-32-24-26-46-39(28-32)36-14-3-8-19-43(36)53(46)44-20-9-4-15-37(44)40-29-33(31-52)25-27-47(40)55-45-21-10-5-16-38(45)50-48(22-11-23-49(50)55)54-41-17-6-1-12-34(41)35-13-2-7-18-42(35)54/h1-29H. The molecule has 5 heteroatoms. The Hall–Kier alpha value is -7.86. The Morgan fingerprint density at radius 2 is 0.745 bits per heavy atom. The quantitative estimate of drug-likeness (QED) is 0.184. The Labute approximate surface area is 316 Å². The fourth-order valence-corrected chi connectivity index (χ4v) is 8.84. The van der Waals surface area contributed by atoms with E-state index in [1.165, 1.54) is 10.8 Å². The molecule has 254 valence electrons. The van der Waals surface area contributed by atoms with Gasteiger partial charge in [-0.15, -0.1) is 0 Å². The Morgan fingerprint density at radius 3 is 1.42 bits per heavy atom. The molecule has 3 heterocycles. The second-order valence-corrected chi connectivity index (χ2v) is 14.0. The van der Waals surface area contributed by atoms with E-state index in [4.69, 9.17) is 0 Å². The number of rotatable bonds is 4. The van der Waals surface area contributed by atoms with Crippen molar-refractivity contribution in [3.8, 4) is 40.3 Å². The van der Waals surface area contributed by atoms with Crippen LogP contribution in [0.1, 0.15) is 11.1 Å². The highest BCUT2D eigenvalue weighted by atomic mass is 15.0. The Morgan fingerprint density at radius 1 is 0.309 bits per heavy atom. The number of benzene rings is 8. The van der Waals surface area contributed by atoms with Crippen molar-refractivity contribution < 1.29 is 0 Å². The van der Waals surface area contributed by atoms with E-state index in [9.17, 15) is 10.5 Å². The zero-order valence-electron chi connectivity index (χ0n) is 29.5. The van der Waals surface area contributed by atoms with E-state index >= 15 is 0 Å². The molecule has 0 aliphatic heterocycles. The molecule has 11 aromatic rings. The van der Waals surface area contributed by atoms with Crippen molar-refractivity contribution in [2.45, 2.75) is 0 Å². The van der Waals surface area contributed by atoms with Gasteiger partial charge in [-0.25, -0.2) is 0 Å². The third kappa shape index (κ3) is 4.39. The lowest BCUT2D eigenvalue weighted by atomic mass is 9.98. The minimum absolute atomic E-state index is 0.584. The topological polar surface area (TPSA) is 62.4 Å². The summed E-state index contributed by atoms with van der Waals surface area (Å²) in [4.78, 5) is 0. The lowest BCUT2D eigenvalue weighted by molar-refractivity contribution is 1.15. The Balaban J connectivity index is 1.23. The van der Waals surface area contributed by atoms with E-state index in [2.05, 4.69) is 165 Å². The van der Waals surface area contributed by atoms with Gasteiger partial charge in [0.1, 0.15) is 0 Å². The van der Waals surface area contributed by atoms with Gasteiger partial charge in [-0.05, 0) is 78.9 Å². The first-order chi connectivity index (χ1) is 27.2. The monoisotopic (exact) mass is 699 g/mol. The summed E-state index contributed by atoms with van der Waals surface area (Å²) >= 11 is 0. The van der Waals surface area contributed by atoms with Crippen molar-refractivity contribution >= 4 is 65.4 Å². The van der Waals surface area contributed by atoms with E-state index in [-0.39, 0.29) is 0 Å². The van der Waals surface area contributed by atoms with E-state index in [0.717, 1.165) is 82.8 Å². The number of para-hydroxylation sites is 5. The number of aromatic nitrogens is 3. The molecule has 11 rings (SSSR count). The molecule has 0 bridgehead atoms. The highest BCUT2D eigenvalue weighted by molar-refractivity contribution is 6.17. The summed E-state index contributed by atoms with van der Waals surface area (Å²) < 4.78 is 7.05. The SMILES string of the molecule is N#Cc1ccc(-n2c3ccccc3c3c(-n4c5ccccc5c5ccccc54)cccc32)c(-c2ccccc2-n2c3ccccc3c3cc(C#N)ccc32)c1. The molecule has 0 aliphatic carbocycles. The van der Waals surface area contributed by atoms with Gasteiger partial charge in [-0.3, -0.25) is 0 Å². The van der Waals surface area contributed by atoms with Crippen LogP contribution in [-0.4, -0.2) is 13.7 Å². The maximum Gasteiger partial charge on any atom is 0.0991 e. The number of nitrogens with zero attached hydrogens (tertiary/aromatic N) is 5. The molecule has 8 aromatic carbocycles. The maximum atomic E-state index is 10.3. The first kappa shape index (κ1) is 30.7. The lowest BCUT2D eigenvalue weighted by Gasteiger charge is -2.19. The summed E-state index contributed by atoms with van der Waals surface area (Å²) in [5.41, 5.74) is 12.8. The van der Waals surface area contributed by atoms with Crippen molar-refractivity contribution in [2.75, 3.05) is 0 Å². The van der Waals surface area contributed by atoms with E-state index < -0.39 is 0 Å². The van der Waals surface area contributed by atoms with E-state index in [0.29, 0.717) is 11.1 Å². The Kier molecular flexibility index (Phi) is 6.61. The molecule has 0 radical (unpaired) electrons.